The zero-order valence-electron chi connectivity index (χ0n) is 38.2. The van der Waals surface area contributed by atoms with E-state index in [1.807, 2.05) is 6.92 Å². The van der Waals surface area contributed by atoms with Crippen molar-refractivity contribution in [2.24, 2.45) is 28.6 Å². The Labute approximate surface area is 386 Å². The summed E-state index contributed by atoms with van der Waals surface area (Å²) in [7, 11) is -9.30. The van der Waals surface area contributed by atoms with Crippen molar-refractivity contribution < 1.29 is 70.3 Å². The minimum Gasteiger partial charge on any atom is -0.449 e. The molecule has 12 atom stereocenters. The number of ketones is 1. The number of phosphoric ester groups is 1. The molecule has 5 rings (SSSR count). The van der Waals surface area contributed by atoms with Crippen molar-refractivity contribution in [2.75, 3.05) is 31.7 Å². The number of amides is 1. The van der Waals surface area contributed by atoms with E-state index in [0.29, 0.717) is 25.0 Å². The Hall–Kier alpha value is -2.25. The van der Waals surface area contributed by atoms with Gasteiger partial charge in [-0.3, -0.25) is 28.3 Å². The van der Waals surface area contributed by atoms with E-state index in [-0.39, 0.29) is 61.8 Å². The van der Waals surface area contributed by atoms with Crippen molar-refractivity contribution in [2.45, 2.75) is 166 Å². The van der Waals surface area contributed by atoms with Crippen LogP contribution in [0.5, 0.6) is 0 Å². The van der Waals surface area contributed by atoms with Crippen molar-refractivity contribution >= 4 is 50.0 Å². The lowest BCUT2D eigenvalue weighted by molar-refractivity contribution is -0.228. The Kier molecular flexibility index (Phi) is 18.9. The van der Waals surface area contributed by atoms with Crippen LogP contribution in [0.15, 0.2) is 23.8 Å². The van der Waals surface area contributed by atoms with Gasteiger partial charge >= 0.3 is 21.4 Å². The third-order valence-corrected chi connectivity index (χ3v) is 18.8. The maximum absolute atomic E-state index is 17.7. The smallest absolute Gasteiger partial charge is 0.449 e. The average Bonchev–Trinajstić information content (AvgIpc) is 3.44. The second-order valence-electron chi connectivity index (χ2n) is 18.8. The third kappa shape index (κ3) is 12.3. The fourth-order valence-corrected chi connectivity index (χ4v) is 15.1. The van der Waals surface area contributed by atoms with Crippen LogP contribution in [0, 0.1) is 40.4 Å². The molecule has 14 nitrogen and oxygen atoms in total. The van der Waals surface area contributed by atoms with Crippen molar-refractivity contribution in [3.8, 4) is 11.8 Å². The van der Waals surface area contributed by atoms with E-state index in [4.69, 9.17) is 14.0 Å². The van der Waals surface area contributed by atoms with E-state index < -0.39 is 91.8 Å². The number of esters is 1. The lowest BCUT2D eigenvalue weighted by atomic mass is 9.44. The van der Waals surface area contributed by atoms with Crippen LogP contribution in [0.25, 0.3) is 0 Å². The van der Waals surface area contributed by atoms with Gasteiger partial charge in [0.25, 0.3) is 0 Å². The predicted octanol–water partition coefficient (Wildman–Crippen LogP) is 8.41. The minimum atomic E-state index is -4.87. The summed E-state index contributed by atoms with van der Waals surface area (Å²) >= 11 is 1.07. The van der Waals surface area contributed by atoms with Crippen LogP contribution in [0.2, 0.25) is 0 Å². The van der Waals surface area contributed by atoms with Gasteiger partial charge < -0.3 is 29.7 Å². The summed E-state index contributed by atoms with van der Waals surface area (Å²) < 4.78 is 79.5. The number of fused-ring (bicyclic) bond motifs is 5. The Morgan fingerprint density at radius 2 is 1.69 bits per heavy atom. The zero-order chi connectivity index (χ0) is 47.7. The number of unbranched alkanes of at least 4 members (excludes halogenated alkanes) is 7. The highest BCUT2D eigenvalue weighted by molar-refractivity contribution is 8.13. The molecule has 19 heteroatoms. The number of aliphatic hydroxyl groups is 1. The number of carbonyl (C=O) groups excluding carboxylic acids is 4. The lowest BCUT2D eigenvalue weighted by Gasteiger charge is -2.63. The van der Waals surface area contributed by atoms with Crippen LogP contribution in [-0.4, -0.2) is 99.0 Å². The molecule has 0 spiro atoms. The van der Waals surface area contributed by atoms with Gasteiger partial charge in [-0.05, 0) is 81.9 Å². The maximum atomic E-state index is 17.7. The number of nitrogens with one attached hydrogen (secondary N) is 1. The number of aliphatic hydroxyl groups excluding tert-OH is 1. The molecule has 0 aromatic heterocycles. The Bertz CT molecular complexity index is 1960. The van der Waals surface area contributed by atoms with E-state index in [0.717, 1.165) is 82.0 Å². The molecular formula is C46H69F2NO13P2S. The Balaban J connectivity index is 1.000. The summed E-state index contributed by atoms with van der Waals surface area (Å²) in [5.74, 6) is 2.87. The number of halogens is 2. The molecular weight excluding hydrogens is 907 g/mol. The van der Waals surface area contributed by atoms with Crippen molar-refractivity contribution in [1.29, 1.82) is 0 Å². The van der Waals surface area contributed by atoms with E-state index in [2.05, 4.69) is 21.5 Å². The molecule has 5 aliphatic carbocycles. The van der Waals surface area contributed by atoms with Gasteiger partial charge in [0.15, 0.2) is 17.1 Å². The number of hydrogen-bond acceptors (Lipinski definition) is 12. The summed E-state index contributed by atoms with van der Waals surface area (Å²) in [4.78, 5) is 71.9. The van der Waals surface area contributed by atoms with Crippen LogP contribution in [0.1, 0.15) is 137 Å². The SMILES string of the molecule is CCC(=O)O[C@]1(C(=O)SCCCCCCCCCCP(=O)(O)OP(=O)(O)OCCNC(=O)COC2C#CCCCCC2)[C@H](C)C[C@H]2[C@@H]3C[C@H](F)C4=CC(=O)C=C[C@]4(C)[C@@]3(F)[C@@H](O)C[C@@]21C. The van der Waals surface area contributed by atoms with Gasteiger partial charge in [0.1, 0.15) is 18.9 Å². The molecule has 0 saturated heterocycles. The highest BCUT2D eigenvalue weighted by Crippen LogP contribution is 2.72. The summed E-state index contributed by atoms with van der Waals surface area (Å²) in [6.45, 7) is 5.95. The molecule has 1 amide bonds. The molecule has 4 N–H and O–H groups in total. The summed E-state index contributed by atoms with van der Waals surface area (Å²) in [5.41, 5.74) is -6.71. The number of hydrogen-bond donors (Lipinski definition) is 4. The molecule has 0 radical (unpaired) electrons. The fourth-order valence-electron chi connectivity index (χ4n) is 11.1. The standard InChI is InChI=1S/C46H69F2NO13P2S/c1-5-41(53)61-46(32(2)27-35-36-29-38(47)37-28-33(50)21-22-43(37,3)45(36,48)39(51)30-44(35,46)4)42(54)65-26-18-14-9-7-6-8-13-17-25-63(55,56)62-64(57,58)60-24-23-49-40(52)31-59-34-19-15-11-10-12-16-20-34/h21-22,28,32,34-36,38-39,51H,5-15,17-19,23-27,29-31H2,1-4H3,(H,49,52)(H,55,56)(H,57,58)/t32-,34?,35+,36+,38+,39+,43+,44+,45+,46+/m1/s1. The van der Waals surface area contributed by atoms with Gasteiger partial charge in [-0.25, -0.2) is 17.7 Å². The molecule has 0 aromatic rings. The maximum Gasteiger partial charge on any atom is 0.479 e. The van der Waals surface area contributed by atoms with Crippen molar-refractivity contribution in [3.63, 3.8) is 0 Å². The van der Waals surface area contributed by atoms with Gasteiger partial charge in [-0.15, -0.1) is 5.92 Å². The highest BCUT2D eigenvalue weighted by atomic mass is 32.2. The van der Waals surface area contributed by atoms with Crippen LogP contribution in [0.3, 0.4) is 0 Å². The normalized spacial score (nSPS) is 34.8. The molecule has 0 aromatic carbocycles. The van der Waals surface area contributed by atoms with E-state index >= 15 is 8.78 Å². The zero-order valence-corrected chi connectivity index (χ0v) is 40.8. The fraction of sp³-hybridized carbons (Fsp3) is 0.783. The highest BCUT2D eigenvalue weighted by Gasteiger charge is 2.78. The number of allylic oxidation sites excluding steroid dienone is 4. The number of phosphoric acid groups is 1. The first-order valence-electron chi connectivity index (χ1n) is 23.4. The molecule has 0 aliphatic heterocycles. The lowest BCUT2D eigenvalue weighted by Crippen LogP contribution is -2.70. The first kappa shape index (κ1) is 53.7. The topological polar surface area (TPSA) is 212 Å². The van der Waals surface area contributed by atoms with Gasteiger partial charge in [0, 0.05) is 47.8 Å². The Morgan fingerprint density at radius 3 is 2.40 bits per heavy atom. The molecule has 3 unspecified atom stereocenters. The predicted molar refractivity (Wildman–Crippen MR) is 242 cm³/mol. The van der Waals surface area contributed by atoms with Crippen LogP contribution < -0.4 is 5.32 Å². The minimum absolute atomic E-state index is 0.00822. The molecule has 366 valence electrons. The van der Waals surface area contributed by atoms with Gasteiger partial charge in [-0.1, -0.05) is 89.5 Å². The number of thioether (sulfide) groups is 1. The van der Waals surface area contributed by atoms with Crippen molar-refractivity contribution in [1.82, 2.24) is 5.32 Å². The second-order valence-corrected chi connectivity index (χ2v) is 23.5. The number of carbonyl (C=O) groups is 4. The first-order chi connectivity index (χ1) is 30.7. The van der Waals surface area contributed by atoms with E-state index in [9.17, 15) is 43.2 Å². The second kappa shape index (κ2) is 22.9. The molecule has 3 fully saturated rings. The average molecular weight is 976 g/mol. The third-order valence-electron chi connectivity index (χ3n) is 14.5. The van der Waals surface area contributed by atoms with Crippen LogP contribution in [-0.2, 0) is 46.6 Å². The van der Waals surface area contributed by atoms with Crippen molar-refractivity contribution in [3.05, 3.63) is 23.8 Å². The molecule has 3 saturated carbocycles. The Morgan fingerprint density at radius 1 is 1.00 bits per heavy atom. The van der Waals surface area contributed by atoms with Gasteiger partial charge in [-0.2, -0.15) is 0 Å². The van der Waals surface area contributed by atoms with Crippen LogP contribution >= 0.6 is 27.2 Å². The largest absolute Gasteiger partial charge is 0.479 e. The number of ether oxygens (including phenoxy) is 2. The molecule has 0 bridgehead atoms. The number of rotatable bonds is 23. The summed E-state index contributed by atoms with van der Waals surface area (Å²) in [5, 5.41) is 13.9. The van der Waals surface area contributed by atoms with Gasteiger partial charge in [0.05, 0.1) is 18.9 Å². The first-order valence-corrected chi connectivity index (χ1v) is 27.6. The molecule has 65 heavy (non-hydrogen) atoms. The monoisotopic (exact) mass is 975 g/mol. The van der Waals surface area contributed by atoms with Gasteiger partial charge in [0.2, 0.25) is 11.0 Å². The quantitative estimate of drug-likeness (QED) is 0.0328. The summed E-state index contributed by atoms with van der Waals surface area (Å²) in [6, 6.07) is 0. The van der Waals surface area contributed by atoms with E-state index in [1.165, 1.54) is 19.1 Å². The van der Waals surface area contributed by atoms with Crippen LogP contribution in [0.4, 0.5) is 8.78 Å². The molecule has 0 heterocycles. The van der Waals surface area contributed by atoms with E-state index in [1.54, 1.807) is 13.8 Å². The molecule has 5 aliphatic rings. The number of alkyl halides is 2. The summed E-state index contributed by atoms with van der Waals surface area (Å²) in [6.07, 6.45) is 10.0.